The summed E-state index contributed by atoms with van der Waals surface area (Å²) in [5.41, 5.74) is -0.389. The van der Waals surface area contributed by atoms with Crippen LogP contribution in [-0.2, 0) is 6.18 Å². The van der Waals surface area contributed by atoms with Crippen LogP contribution in [0.1, 0.15) is 27.2 Å². The van der Waals surface area contributed by atoms with E-state index in [1.807, 2.05) is 24.3 Å². The number of benzene rings is 2. The van der Waals surface area contributed by atoms with E-state index >= 15 is 0 Å². The standard InChI is InChI=1S/C23H14Cl2F3N7O/c1-11-16(23(26,27)28)7-17(24)18(25)21(11)35-12(2)19(30-33-35)20-14(10-36)9-34(32-20)22-15-6-4-3-5-13(15)8-29-31-22/h3-10H,1-2H3. The fraction of sp³-hybridized carbons (Fsp3) is 0.130. The number of fused-ring (bicyclic) bond motifs is 1. The first-order valence-corrected chi connectivity index (χ1v) is 11.1. The third-order valence-electron chi connectivity index (χ3n) is 5.72. The lowest BCUT2D eigenvalue weighted by molar-refractivity contribution is -0.138. The van der Waals surface area contributed by atoms with Crippen LogP contribution in [0.4, 0.5) is 13.2 Å². The van der Waals surface area contributed by atoms with Gasteiger partial charge in [0, 0.05) is 17.0 Å². The van der Waals surface area contributed by atoms with Crippen LogP contribution in [0, 0.1) is 13.8 Å². The van der Waals surface area contributed by atoms with Gasteiger partial charge in [-0.2, -0.15) is 23.4 Å². The van der Waals surface area contributed by atoms with Crippen LogP contribution in [0.3, 0.4) is 0 Å². The zero-order valence-electron chi connectivity index (χ0n) is 18.5. The third-order valence-corrected chi connectivity index (χ3v) is 6.50. The summed E-state index contributed by atoms with van der Waals surface area (Å²) >= 11 is 12.3. The molecule has 5 rings (SSSR count). The fourth-order valence-corrected chi connectivity index (χ4v) is 4.43. The molecular weight excluding hydrogens is 518 g/mol. The van der Waals surface area contributed by atoms with Crippen molar-refractivity contribution >= 4 is 40.3 Å². The fourth-order valence-electron chi connectivity index (χ4n) is 3.96. The maximum Gasteiger partial charge on any atom is 0.416 e. The number of nitrogens with zero attached hydrogens (tertiary/aromatic N) is 7. The number of aldehydes is 1. The molecule has 0 aliphatic rings. The molecule has 3 heterocycles. The average Bonchev–Trinajstić information content (AvgIpc) is 3.44. The minimum absolute atomic E-state index is 0.0697. The SMILES string of the molecule is Cc1c(C(F)(F)F)cc(Cl)c(Cl)c1-n1nnc(-c2nn(-c3nncc4ccccc34)cc2C=O)c1C. The molecular formula is C23H14Cl2F3N7O. The van der Waals surface area contributed by atoms with Gasteiger partial charge in [-0.25, -0.2) is 9.36 Å². The van der Waals surface area contributed by atoms with Crippen LogP contribution >= 0.6 is 23.2 Å². The van der Waals surface area contributed by atoms with Crippen molar-refractivity contribution in [2.75, 3.05) is 0 Å². The number of halogens is 5. The van der Waals surface area contributed by atoms with E-state index in [-0.39, 0.29) is 38.2 Å². The summed E-state index contributed by atoms with van der Waals surface area (Å²) in [4.78, 5) is 11.9. The Labute approximate surface area is 211 Å². The second kappa shape index (κ2) is 8.68. The van der Waals surface area contributed by atoms with Gasteiger partial charge in [-0.1, -0.05) is 52.7 Å². The van der Waals surface area contributed by atoms with Gasteiger partial charge in [-0.15, -0.1) is 10.2 Å². The number of carbonyl (C=O) groups is 1. The Balaban J connectivity index is 1.68. The molecule has 5 aromatic rings. The van der Waals surface area contributed by atoms with Crippen molar-refractivity contribution in [2.24, 2.45) is 0 Å². The quantitative estimate of drug-likeness (QED) is 0.271. The molecule has 13 heteroatoms. The molecule has 182 valence electrons. The number of carbonyl (C=O) groups excluding carboxylic acids is 1. The van der Waals surface area contributed by atoms with E-state index in [0.717, 1.165) is 21.5 Å². The maximum atomic E-state index is 13.6. The molecule has 0 bridgehead atoms. The van der Waals surface area contributed by atoms with Crippen molar-refractivity contribution in [1.82, 2.24) is 35.0 Å². The molecule has 0 radical (unpaired) electrons. The van der Waals surface area contributed by atoms with E-state index in [9.17, 15) is 18.0 Å². The Morgan fingerprint density at radius 1 is 1.06 bits per heavy atom. The summed E-state index contributed by atoms with van der Waals surface area (Å²) in [6, 6.07) is 8.16. The highest BCUT2D eigenvalue weighted by Gasteiger charge is 2.35. The Bertz CT molecular complexity index is 1650. The summed E-state index contributed by atoms with van der Waals surface area (Å²) in [6.45, 7) is 2.84. The predicted molar refractivity (Wildman–Crippen MR) is 127 cm³/mol. The topological polar surface area (TPSA) is 91.4 Å². The maximum absolute atomic E-state index is 13.6. The molecule has 0 aliphatic carbocycles. The van der Waals surface area contributed by atoms with Gasteiger partial charge in [0.1, 0.15) is 11.4 Å². The lowest BCUT2D eigenvalue weighted by atomic mass is 10.1. The Hall–Kier alpha value is -3.83. The van der Waals surface area contributed by atoms with Crippen LogP contribution in [0.25, 0.3) is 33.7 Å². The third kappa shape index (κ3) is 3.80. The molecule has 36 heavy (non-hydrogen) atoms. The van der Waals surface area contributed by atoms with E-state index in [2.05, 4.69) is 25.6 Å². The zero-order chi connectivity index (χ0) is 25.8. The molecule has 8 nitrogen and oxygen atoms in total. The van der Waals surface area contributed by atoms with Gasteiger partial charge in [0.2, 0.25) is 0 Å². The number of aromatic nitrogens is 7. The monoisotopic (exact) mass is 531 g/mol. The van der Waals surface area contributed by atoms with E-state index in [4.69, 9.17) is 23.2 Å². The summed E-state index contributed by atoms with van der Waals surface area (Å²) in [5.74, 6) is 0.385. The largest absolute Gasteiger partial charge is 0.416 e. The van der Waals surface area contributed by atoms with E-state index in [0.29, 0.717) is 17.8 Å². The number of rotatable bonds is 4. The summed E-state index contributed by atoms with van der Waals surface area (Å²) in [5, 5.41) is 21.9. The molecule has 3 aromatic heterocycles. The second-order valence-corrected chi connectivity index (χ2v) is 8.66. The molecule has 0 N–H and O–H groups in total. The molecule has 2 aromatic carbocycles. The highest BCUT2D eigenvalue weighted by Crippen LogP contribution is 2.41. The van der Waals surface area contributed by atoms with Crippen molar-refractivity contribution in [2.45, 2.75) is 20.0 Å². The van der Waals surface area contributed by atoms with Crippen molar-refractivity contribution in [1.29, 1.82) is 0 Å². The van der Waals surface area contributed by atoms with Crippen LogP contribution in [0.2, 0.25) is 10.0 Å². The first-order chi connectivity index (χ1) is 17.1. The van der Waals surface area contributed by atoms with Crippen molar-refractivity contribution in [3.8, 4) is 22.9 Å². The van der Waals surface area contributed by atoms with Crippen LogP contribution in [0.5, 0.6) is 0 Å². The highest BCUT2D eigenvalue weighted by atomic mass is 35.5. The van der Waals surface area contributed by atoms with Gasteiger partial charge < -0.3 is 0 Å². The molecule has 0 saturated heterocycles. The van der Waals surface area contributed by atoms with Gasteiger partial charge >= 0.3 is 6.18 Å². The average molecular weight is 532 g/mol. The minimum Gasteiger partial charge on any atom is -0.298 e. The Morgan fingerprint density at radius 2 is 1.81 bits per heavy atom. The molecule has 0 unspecified atom stereocenters. The normalized spacial score (nSPS) is 11.9. The van der Waals surface area contributed by atoms with Crippen LogP contribution in [0.15, 0.2) is 42.7 Å². The van der Waals surface area contributed by atoms with Gasteiger partial charge in [0.15, 0.2) is 12.1 Å². The van der Waals surface area contributed by atoms with E-state index in [1.165, 1.54) is 17.8 Å². The van der Waals surface area contributed by atoms with Crippen LogP contribution in [-0.4, -0.2) is 41.3 Å². The smallest absolute Gasteiger partial charge is 0.298 e. The molecule has 0 saturated carbocycles. The molecule has 0 spiro atoms. The summed E-state index contributed by atoms with van der Waals surface area (Å²) < 4.78 is 43.3. The van der Waals surface area contributed by atoms with Gasteiger partial charge in [-0.05, 0) is 25.5 Å². The number of hydrogen-bond acceptors (Lipinski definition) is 6. The second-order valence-electron chi connectivity index (χ2n) is 7.88. The zero-order valence-corrected chi connectivity index (χ0v) is 20.1. The van der Waals surface area contributed by atoms with Crippen molar-refractivity contribution in [3.05, 3.63) is 75.2 Å². The summed E-state index contributed by atoms with van der Waals surface area (Å²) in [6.07, 6.45) is -0.995. The number of alkyl halides is 3. The lowest BCUT2D eigenvalue weighted by Crippen LogP contribution is -2.12. The molecule has 0 aliphatic heterocycles. The number of hydrogen-bond donors (Lipinski definition) is 0. The molecule has 0 atom stereocenters. The predicted octanol–water partition coefficient (Wildman–Crippen LogP) is 5.82. The van der Waals surface area contributed by atoms with Gasteiger partial charge in [-0.3, -0.25) is 4.79 Å². The highest BCUT2D eigenvalue weighted by molar-refractivity contribution is 6.43. The van der Waals surface area contributed by atoms with Gasteiger partial charge in [0.25, 0.3) is 0 Å². The first kappa shape index (κ1) is 23.9. The van der Waals surface area contributed by atoms with Gasteiger partial charge in [0.05, 0.1) is 38.8 Å². The minimum atomic E-state index is -4.66. The van der Waals surface area contributed by atoms with Crippen LogP contribution < -0.4 is 0 Å². The Morgan fingerprint density at radius 3 is 2.53 bits per heavy atom. The van der Waals surface area contributed by atoms with E-state index < -0.39 is 11.7 Å². The Kier molecular flexibility index (Phi) is 5.76. The molecule has 0 amide bonds. The lowest BCUT2D eigenvalue weighted by Gasteiger charge is -2.17. The van der Waals surface area contributed by atoms with E-state index in [1.54, 1.807) is 13.1 Å². The van der Waals surface area contributed by atoms with Crippen molar-refractivity contribution in [3.63, 3.8) is 0 Å². The summed E-state index contributed by atoms with van der Waals surface area (Å²) in [7, 11) is 0. The van der Waals surface area contributed by atoms with Crippen molar-refractivity contribution < 1.29 is 18.0 Å². The molecule has 0 fully saturated rings. The first-order valence-electron chi connectivity index (χ1n) is 10.4.